The van der Waals surface area contributed by atoms with E-state index in [9.17, 15) is 79.0 Å². The second kappa shape index (κ2) is 7.86. The minimum Gasteiger partial charge on any atom is -0.203 e. The zero-order chi connectivity index (χ0) is 26.9. The molecule has 0 amide bonds. The molecular formula is C16F18. The Morgan fingerprint density at radius 2 is 0.588 bits per heavy atom. The van der Waals surface area contributed by atoms with Gasteiger partial charge in [0.2, 0.25) is 5.82 Å². The van der Waals surface area contributed by atoms with Gasteiger partial charge in [-0.25, -0.2) is 39.5 Å². The molecule has 0 bridgehead atoms. The lowest BCUT2D eigenvalue weighted by Gasteiger charge is -2.32. The van der Waals surface area contributed by atoms with Gasteiger partial charge in [-0.05, 0) is 0 Å². The van der Waals surface area contributed by atoms with E-state index in [0.717, 1.165) is 0 Å². The van der Waals surface area contributed by atoms with Crippen LogP contribution in [0.25, 0.3) is 0 Å². The highest BCUT2D eigenvalue weighted by Crippen LogP contribution is 2.56. The van der Waals surface area contributed by atoms with Gasteiger partial charge in [0.1, 0.15) is 5.56 Å². The zero-order valence-electron chi connectivity index (χ0n) is 14.8. The molecule has 0 nitrogen and oxygen atoms in total. The Morgan fingerprint density at radius 3 is 0.912 bits per heavy atom. The standard InChI is InChI=1S/C16F18/c17-4-1(13(26,27)3-6(19)10(23)12(25)11(24)7(3)20)2(5(18)9(22)8(4)21)14(28,29)15(30,31)16(32,33)34. The van der Waals surface area contributed by atoms with Crippen LogP contribution in [0.2, 0.25) is 0 Å². The van der Waals surface area contributed by atoms with Crippen LogP contribution < -0.4 is 0 Å². The van der Waals surface area contributed by atoms with Gasteiger partial charge in [-0.15, -0.1) is 0 Å². The summed E-state index contributed by atoms with van der Waals surface area (Å²) in [6.07, 6.45) is -7.48. The Balaban J connectivity index is 3.18. The SMILES string of the molecule is Fc1c(F)c(F)c(C(F)(F)c2c(F)c(F)c(F)c(F)c2C(F)(F)C(F)(F)C(F)(F)F)c(F)c1F. The van der Waals surface area contributed by atoms with Crippen molar-refractivity contribution < 1.29 is 79.0 Å². The second-order valence-electron chi connectivity index (χ2n) is 6.17. The number of halogens is 18. The molecule has 0 unspecified atom stereocenters. The molecule has 2 aromatic carbocycles. The predicted molar refractivity (Wildman–Crippen MR) is 70.4 cm³/mol. The van der Waals surface area contributed by atoms with Gasteiger partial charge in [0.15, 0.2) is 46.5 Å². The van der Waals surface area contributed by atoms with Crippen LogP contribution in [0.4, 0.5) is 79.0 Å². The molecule has 0 aliphatic carbocycles. The van der Waals surface area contributed by atoms with Crippen molar-refractivity contribution in [3.05, 3.63) is 69.0 Å². The first-order chi connectivity index (χ1) is 15.1. The van der Waals surface area contributed by atoms with E-state index in [4.69, 9.17) is 0 Å². The molecule has 0 atom stereocenters. The van der Waals surface area contributed by atoms with E-state index in [-0.39, 0.29) is 0 Å². The molecule has 0 aliphatic heterocycles. The largest absolute Gasteiger partial charge is 0.460 e. The zero-order valence-corrected chi connectivity index (χ0v) is 14.8. The average Bonchev–Trinajstić information content (AvgIpc) is 2.70. The van der Waals surface area contributed by atoms with Crippen LogP contribution in [-0.4, -0.2) is 12.1 Å². The summed E-state index contributed by atoms with van der Waals surface area (Å²) < 4.78 is 243. The van der Waals surface area contributed by atoms with Gasteiger partial charge in [-0.2, -0.15) is 39.5 Å². The maximum atomic E-state index is 14.6. The quantitative estimate of drug-likeness (QED) is 0.219. The Labute approximate surface area is 173 Å². The molecule has 0 saturated carbocycles. The van der Waals surface area contributed by atoms with Gasteiger partial charge in [-0.3, -0.25) is 0 Å². The van der Waals surface area contributed by atoms with Gasteiger partial charge in [0, 0.05) is 0 Å². The number of hydrogen-bond acceptors (Lipinski definition) is 0. The summed E-state index contributed by atoms with van der Waals surface area (Å²) in [5, 5.41) is 0. The van der Waals surface area contributed by atoms with E-state index in [1.807, 2.05) is 0 Å². The molecular weight excluding hydrogens is 534 g/mol. The Hall–Kier alpha value is -2.82. The average molecular weight is 534 g/mol. The lowest BCUT2D eigenvalue weighted by Crippen LogP contribution is -2.51. The lowest BCUT2D eigenvalue weighted by molar-refractivity contribution is -0.360. The molecule has 0 spiro atoms. The first kappa shape index (κ1) is 27.4. The van der Waals surface area contributed by atoms with Crippen molar-refractivity contribution in [1.29, 1.82) is 0 Å². The van der Waals surface area contributed by atoms with Crippen molar-refractivity contribution in [1.82, 2.24) is 0 Å². The summed E-state index contributed by atoms with van der Waals surface area (Å²) in [5.41, 5.74) is -12.1. The van der Waals surface area contributed by atoms with E-state index in [1.165, 1.54) is 0 Å². The number of benzene rings is 2. The Morgan fingerprint density at radius 1 is 0.324 bits per heavy atom. The summed E-state index contributed by atoms with van der Waals surface area (Å²) in [4.78, 5) is 0. The molecule has 0 saturated heterocycles. The minimum atomic E-state index is -7.67. The van der Waals surface area contributed by atoms with Gasteiger partial charge in [0.05, 0.1) is 11.1 Å². The van der Waals surface area contributed by atoms with E-state index >= 15 is 0 Å². The van der Waals surface area contributed by atoms with Crippen LogP contribution >= 0.6 is 0 Å². The van der Waals surface area contributed by atoms with Crippen LogP contribution in [0.3, 0.4) is 0 Å². The molecule has 0 aliphatic rings. The molecule has 2 rings (SSSR count). The van der Waals surface area contributed by atoms with E-state index in [1.54, 1.807) is 0 Å². The fourth-order valence-corrected chi connectivity index (χ4v) is 2.56. The first-order valence-corrected chi connectivity index (χ1v) is 7.65. The number of hydrogen-bond donors (Lipinski definition) is 0. The van der Waals surface area contributed by atoms with Gasteiger partial charge in [0.25, 0.3) is 0 Å². The molecule has 0 N–H and O–H groups in total. The topological polar surface area (TPSA) is 0 Å². The maximum Gasteiger partial charge on any atom is 0.460 e. The summed E-state index contributed by atoms with van der Waals surface area (Å²) in [7, 11) is 0. The lowest BCUT2D eigenvalue weighted by atomic mass is 9.88. The third-order valence-corrected chi connectivity index (χ3v) is 4.17. The van der Waals surface area contributed by atoms with E-state index in [0.29, 0.717) is 0 Å². The third kappa shape index (κ3) is 3.52. The first-order valence-electron chi connectivity index (χ1n) is 7.65. The molecule has 190 valence electrons. The van der Waals surface area contributed by atoms with Crippen molar-refractivity contribution in [2.24, 2.45) is 0 Å². The molecule has 34 heavy (non-hydrogen) atoms. The summed E-state index contributed by atoms with van der Waals surface area (Å²) in [6, 6.07) is 0. The molecule has 0 fully saturated rings. The highest BCUT2D eigenvalue weighted by Gasteiger charge is 2.75. The second-order valence-corrected chi connectivity index (χ2v) is 6.17. The highest BCUT2D eigenvalue weighted by atomic mass is 19.4. The predicted octanol–water partition coefficient (Wildman–Crippen LogP) is 7.37. The normalized spacial score (nSPS) is 13.6. The van der Waals surface area contributed by atoms with E-state index < -0.39 is 93.0 Å². The third-order valence-electron chi connectivity index (χ3n) is 4.17. The van der Waals surface area contributed by atoms with Crippen LogP contribution in [0.1, 0.15) is 16.7 Å². The smallest absolute Gasteiger partial charge is 0.203 e. The van der Waals surface area contributed by atoms with E-state index in [2.05, 4.69) is 0 Å². The minimum absolute atomic E-state index is 3.19. The van der Waals surface area contributed by atoms with Crippen molar-refractivity contribution in [2.75, 3.05) is 0 Å². The van der Waals surface area contributed by atoms with Gasteiger partial charge < -0.3 is 0 Å². The van der Waals surface area contributed by atoms with Crippen LogP contribution in [0.5, 0.6) is 0 Å². The van der Waals surface area contributed by atoms with Crippen molar-refractivity contribution in [3.63, 3.8) is 0 Å². The maximum absolute atomic E-state index is 14.6. The fourth-order valence-electron chi connectivity index (χ4n) is 2.56. The summed E-state index contributed by atoms with van der Waals surface area (Å²) >= 11 is 0. The van der Waals surface area contributed by atoms with Crippen LogP contribution in [0, 0.1) is 52.4 Å². The summed E-state index contributed by atoms with van der Waals surface area (Å²) in [5.74, 6) is -54.2. The Bertz CT molecular complexity index is 1130. The van der Waals surface area contributed by atoms with Crippen LogP contribution in [0.15, 0.2) is 0 Å². The van der Waals surface area contributed by atoms with Crippen molar-refractivity contribution in [2.45, 2.75) is 23.9 Å². The highest BCUT2D eigenvalue weighted by molar-refractivity contribution is 5.46. The molecule has 18 heteroatoms. The van der Waals surface area contributed by atoms with Crippen molar-refractivity contribution in [3.8, 4) is 0 Å². The van der Waals surface area contributed by atoms with Gasteiger partial charge >= 0.3 is 23.9 Å². The van der Waals surface area contributed by atoms with Crippen LogP contribution in [-0.2, 0) is 11.8 Å². The Kier molecular flexibility index (Phi) is 6.34. The summed E-state index contributed by atoms with van der Waals surface area (Å²) in [6.45, 7) is 0. The molecule has 0 aromatic heterocycles. The monoisotopic (exact) mass is 534 g/mol. The molecule has 0 radical (unpaired) electrons. The number of rotatable bonds is 4. The fraction of sp³-hybridized carbons (Fsp3) is 0.250. The number of alkyl halides is 9. The van der Waals surface area contributed by atoms with Crippen molar-refractivity contribution >= 4 is 0 Å². The van der Waals surface area contributed by atoms with Gasteiger partial charge in [-0.1, -0.05) is 0 Å². The molecule has 2 aromatic rings. The molecule has 0 heterocycles.